The maximum atomic E-state index is 12.8. The van der Waals surface area contributed by atoms with Gasteiger partial charge < -0.3 is 4.90 Å². The molecule has 0 radical (unpaired) electrons. The van der Waals surface area contributed by atoms with Crippen LogP contribution < -0.4 is 0 Å². The predicted octanol–water partition coefficient (Wildman–Crippen LogP) is 1.95. The third-order valence-electron chi connectivity index (χ3n) is 4.14. The molecule has 0 bridgehead atoms. The van der Waals surface area contributed by atoms with Gasteiger partial charge in [0, 0.05) is 38.7 Å². The number of hydrogen-bond acceptors (Lipinski definition) is 3. The van der Waals surface area contributed by atoms with Crippen LogP contribution in [0, 0.1) is 5.82 Å². The summed E-state index contributed by atoms with van der Waals surface area (Å²) in [5, 5.41) is 0. The van der Waals surface area contributed by atoms with Gasteiger partial charge in [-0.15, -0.1) is 0 Å². The van der Waals surface area contributed by atoms with Gasteiger partial charge >= 0.3 is 0 Å². The van der Waals surface area contributed by atoms with Crippen molar-refractivity contribution in [2.24, 2.45) is 0 Å². The summed E-state index contributed by atoms with van der Waals surface area (Å²) in [6.07, 6.45) is 0.325. The Balaban J connectivity index is 1.98. The first-order valence-electron chi connectivity index (χ1n) is 7.12. The van der Waals surface area contributed by atoms with Crippen LogP contribution in [-0.4, -0.2) is 53.7 Å². The second-order valence-corrected chi connectivity index (χ2v) is 5.95. The van der Waals surface area contributed by atoms with E-state index in [1.54, 1.807) is 11.9 Å². The molecule has 1 heterocycles. The van der Waals surface area contributed by atoms with E-state index in [4.69, 9.17) is 0 Å². The highest BCUT2D eigenvalue weighted by Crippen LogP contribution is 2.22. The van der Waals surface area contributed by atoms with Crippen LogP contribution in [0.4, 0.5) is 4.39 Å². The Bertz CT molecular complexity index is 540. The number of carbonyl (C=O) groups is 2. The average molecular weight is 292 g/mol. The molecule has 1 aliphatic rings. The van der Waals surface area contributed by atoms with Crippen molar-refractivity contribution in [2.45, 2.75) is 25.8 Å². The fraction of sp³-hybridized carbons (Fsp3) is 0.500. The van der Waals surface area contributed by atoms with Crippen LogP contribution in [0.25, 0.3) is 0 Å². The molecule has 0 aliphatic carbocycles. The zero-order valence-electron chi connectivity index (χ0n) is 12.7. The summed E-state index contributed by atoms with van der Waals surface area (Å²) < 4.78 is 12.8. The minimum atomic E-state index is -0.587. The van der Waals surface area contributed by atoms with Crippen molar-refractivity contribution in [3.05, 3.63) is 35.6 Å². The highest BCUT2D eigenvalue weighted by Gasteiger charge is 2.40. The van der Waals surface area contributed by atoms with E-state index < -0.39 is 5.54 Å². The largest absolute Gasteiger partial charge is 0.343 e. The van der Waals surface area contributed by atoms with Crippen LogP contribution in [0.15, 0.2) is 24.3 Å². The normalized spacial score (nSPS) is 18.9. The number of ketones is 1. The van der Waals surface area contributed by atoms with Gasteiger partial charge in [0.15, 0.2) is 5.78 Å². The summed E-state index contributed by atoms with van der Waals surface area (Å²) in [6, 6.07) is 5.57. The highest BCUT2D eigenvalue weighted by molar-refractivity contribution is 5.96. The van der Waals surface area contributed by atoms with Gasteiger partial charge in [0.2, 0.25) is 5.91 Å². The lowest BCUT2D eigenvalue weighted by Gasteiger charge is -2.44. The van der Waals surface area contributed by atoms with E-state index in [1.807, 2.05) is 18.7 Å². The zero-order chi connectivity index (χ0) is 15.6. The first kappa shape index (κ1) is 15.6. The van der Waals surface area contributed by atoms with Gasteiger partial charge in [-0.05, 0) is 38.1 Å². The maximum Gasteiger partial charge on any atom is 0.242 e. The summed E-state index contributed by atoms with van der Waals surface area (Å²) >= 11 is 0. The number of likely N-dealkylation sites (N-methyl/N-ethyl adjacent to an activating group) is 1. The SMILES string of the molecule is CN1CCN(CCC(=O)c2ccc(F)cc2)C(C)(C)C1=O. The minimum absolute atomic E-state index is 0.0304. The van der Waals surface area contributed by atoms with Crippen LogP contribution >= 0.6 is 0 Å². The van der Waals surface area contributed by atoms with Gasteiger partial charge in [-0.3, -0.25) is 14.5 Å². The van der Waals surface area contributed by atoms with Crippen LogP contribution in [0.2, 0.25) is 0 Å². The smallest absolute Gasteiger partial charge is 0.242 e. The zero-order valence-corrected chi connectivity index (χ0v) is 12.7. The van der Waals surface area contributed by atoms with Gasteiger partial charge in [0.25, 0.3) is 0 Å². The van der Waals surface area contributed by atoms with E-state index in [1.165, 1.54) is 24.3 Å². The molecule has 1 fully saturated rings. The van der Waals surface area contributed by atoms with Crippen molar-refractivity contribution in [1.82, 2.24) is 9.80 Å². The Morgan fingerprint density at radius 3 is 2.48 bits per heavy atom. The molecule has 0 unspecified atom stereocenters. The van der Waals surface area contributed by atoms with Gasteiger partial charge in [0.05, 0.1) is 5.54 Å². The standard InChI is InChI=1S/C16H21FN2O2/c1-16(2)15(21)18(3)10-11-19(16)9-8-14(20)12-4-6-13(17)7-5-12/h4-7H,8-11H2,1-3H3. The number of Topliss-reactive ketones (excluding diaryl/α,β-unsaturated/α-hetero) is 1. The molecular formula is C16H21FN2O2. The lowest BCUT2D eigenvalue weighted by molar-refractivity contribution is -0.147. The maximum absolute atomic E-state index is 12.8. The fourth-order valence-electron chi connectivity index (χ4n) is 2.66. The van der Waals surface area contributed by atoms with Gasteiger partial charge in [-0.2, -0.15) is 0 Å². The van der Waals surface area contributed by atoms with Crippen molar-refractivity contribution >= 4 is 11.7 Å². The molecule has 0 N–H and O–H groups in total. The molecule has 0 saturated carbocycles. The summed E-state index contributed by atoms with van der Waals surface area (Å²) in [7, 11) is 1.80. The molecule has 1 aliphatic heterocycles. The van der Waals surface area contributed by atoms with Crippen molar-refractivity contribution < 1.29 is 14.0 Å². The Kier molecular flexibility index (Phi) is 4.42. The predicted molar refractivity (Wildman–Crippen MR) is 78.6 cm³/mol. The molecule has 21 heavy (non-hydrogen) atoms. The Morgan fingerprint density at radius 1 is 1.24 bits per heavy atom. The van der Waals surface area contributed by atoms with Crippen molar-refractivity contribution in [3.63, 3.8) is 0 Å². The van der Waals surface area contributed by atoms with Gasteiger partial charge in [0.1, 0.15) is 5.82 Å². The molecule has 1 aromatic rings. The summed E-state index contributed by atoms with van der Waals surface area (Å²) in [5.74, 6) is -0.308. The molecule has 0 atom stereocenters. The number of amides is 1. The summed E-state index contributed by atoms with van der Waals surface area (Å²) in [5.41, 5.74) is -0.0783. The number of halogens is 1. The number of benzene rings is 1. The second-order valence-electron chi connectivity index (χ2n) is 5.95. The van der Waals surface area contributed by atoms with Gasteiger partial charge in [-0.1, -0.05) is 0 Å². The van der Waals surface area contributed by atoms with Crippen molar-refractivity contribution in [2.75, 3.05) is 26.7 Å². The summed E-state index contributed by atoms with van der Waals surface area (Å²) in [4.78, 5) is 28.0. The molecule has 1 saturated heterocycles. The molecule has 5 heteroatoms. The number of rotatable bonds is 4. The molecule has 2 rings (SSSR count). The molecule has 0 aromatic heterocycles. The quantitative estimate of drug-likeness (QED) is 0.796. The molecule has 0 spiro atoms. The van der Waals surface area contributed by atoms with Crippen LogP contribution in [0.5, 0.6) is 0 Å². The molecular weight excluding hydrogens is 271 g/mol. The fourth-order valence-corrected chi connectivity index (χ4v) is 2.66. The third-order valence-corrected chi connectivity index (χ3v) is 4.14. The number of nitrogens with zero attached hydrogens (tertiary/aromatic N) is 2. The van der Waals surface area contributed by atoms with E-state index in [0.29, 0.717) is 25.1 Å². The Hall–Kier alpha value is -1.75. The number of piperazine rings is 1. The lowest BCUT2D eigenvalue weighted by Crippen LogP contribution is -2.62. The highest BCUT2D eigenvalue weighted by atomic mass is 19.1. The van der Waals surface area contributed by atoms with E-state index in [9.17, 15) is 14.0 Å². The topological polar surface area (TPSA) is 40.6 Å². The van der Waals surface area contributed by atoms with Crippen molar-refractivity contribution in [3.8, 4) is 0 Å². The van der Waals surface area contributed by atoms with Crippen LogP contribution in [0.3, 0.4) is 0 Å². The first-order valence-corrected chi connectivity index (χ1v) is 7.12. The number of carbonyl (C=O) groups excluding carboxylic acids is 2. The molecule has 1 aromatic carbocycles. The van der Waals surface area contributed by atoms with E-state index >= 15 is 0 Å². The van der Waals surface area contributed by atoms with E-state index in [2.05, 4.69) is 0 Å². The monoisotopic (exact) mass is 292 g/mol. The average Bonchev–Trinajstić information content (AvgIpc) is 2.44. The first-order chi connectivity index (χ1) is 9.82. The Morgan fingerprint density at radius 2 is 1.86 bits per heavy atom. The minimum Gasteiger partial charge on any atom is -0.343 e. The van der Waals surface area contributed by atoms with Gasteiger partial charge in [-0.25, -0.2) is 4.39 Å². The summed E-state index contributed by atoms with van der Waals surface area (Å²) in [6.45, 7) is 5.72. The molecule has 4 nitrogen and oxygen atoms in total. The van der Waals surface area contributed by atoms with Crippen LogP contribution in [-0.2, 0) is 4.79 Å². The lowest BCUT2D eigenvalue weighted by atomic mass is 9.97. The third kappa shape index (κ3) is 3.29. The van der Waals surface area contributed by atoms with Crippen molar-refractivity contribution in [1.29, 1.82) is 0 Å². The Labute approximate surface area is 124 Å². The van der Waals surface area contributed by atoms with Crippen LogP contribution in [0.1, 0.15) is 30.6 Å². The molecule has 114 valence electrons. The molecule has 1 amide bonds. The number of hydrogen-bond donors (Lipinski definition) is 0. The second kappa shape index (κ2) is 5.93. The van der Waals surface area contributed by atoms with E-state index in [0.717, 1.165) is 6.54 Å². The van der Waals surface area contributed by atoms with E-state index in [-0.39, 0.29) is 17.5 Å².